The maximum absolute atomic E-state index is 12.8. The summed E-state index contributed by atoms with van der Waals surface area (Å²) in [4.78, 5) is 14.4. The first kappa shape index (κ1) is 21.0. The summed E-state index contributed by atoms with van der Waals surface area (Å²) >= 11 is 9.41. The fourth-order valence-corrected chi connectivity index (χ4v) is 6.11. The van der Waals surface area contributed by atoms with Crippen molar-refractivity contribution in [3.05, 3.63) is 27.7 Å². The van der Waals surface area contributed by atoms with E-state index < -0.39 is 10.0 Å². The first-order valence-electron chi connectivity index (χ1n) is 9.33. The van der Waals surface area contributed by atoms with Crippen molar-refractivity contribution in [1.82, 2.24) is 14.5 Å². The molecule has 0 unspecified atom stereocenters. The molecule has 1 N–H and O–H groups in total. The second-order valence-corrected chi connectivity index (χ2v) is 10.4. The highest BCUT2D eigenvalue weighted by Gasteiger charge is 2.30. The van der Waals surface area contributed by atoms with Crippen LogP contribution >= 0.6 is 27.5 Å². The molecule has 0 radical (unpaired) electrons. The number of piperazine rings is 1. The third-order valence-corrected chi connectivity index (χ3v) is 8.06. The second-order valence-electron chi connectivity index (χ2n) is 7.16. The molecule has 1 amide bonds. The Labute approximate surface area is 174 Å². The van der Waals surface area contributed by atoms with Crippen LogP contribution in [0, 0.1) is 0 Å². The summed E-state index contributed by atoms with van der Waals surface area (Å²) in [5.41, 5.74) is 0. The van der Waals surface area contributed by atoms with Crippen LogP contribution in [-0.4, -0.2) is 62.3 Å². The van der Waals surface area contributed by atoms with E-state index in [1.165, 1.54) is 29.6 Å². The number of hydrogen-bond donors (Lipinski definition) is 1. The number of carbonyl (C=O) groups excluding carboxylic acids is 1. The van der Waals surface area contributed by atoms with Gasteiger partial charge in [-0.3, -0.25) is 9.69 Å². The van der Waals surface area contributed by atoms with Crippen LogP contribution in [0.3, 0.4) is 0 Å². The van der Waals surface area contributed by atoms with E-state index in [2.05, 4.69) is 21.2 Å². The molecule has 0 spiro atoms. The minimum Gasteiger partial charge on any atom is -0.352 e. The summed E-state index contributed by atoms with van der Waals surface area (Å²) < 4.78 is 27.9. The van der Waals surface area contributed by atoms with Crippen molar-refractivity contribution in [3.63, 3.8) is 0 Å². The molecule has 2 aliphatic rings. The molecular weight excluding hydrogens is 454 g/mol. The average Bonchev–Trinajstić information content (AvgIpc) is 2.62. The van der Waals surface area contributed by atoms with Crippen molar-refractivity contribution in [2.75, 3.05) is 32.7 Å². The van der Waals surface area contributed by atoms with Gasteiger partial charge in [0.25, 0.3) is 0 Å². The Balaban J connectivity index is 1.52. The molecule has 150 valence electrons. The van der Waals surface area contributed by atoms with Crippen LogP contribution in [0.25, 0.3) is 0 Å². The molecule has 9 heteroatoms. The molecule has 1 saturated heterocycles. The maximum Gasteiger partial charge on any atom is 0.244 e. The quantitative estimate of drug-likeness (QED) is 0.706. The number of amides is 1. The van der Waals surface area contributed by atoms with Crippen molar-refractivity contribution < 1.29 is 13.2 Å². The lowest BCUT2D eigenvalue weighted by Crippen LogP contribution is -2.51. The van der Waals surface area contributed by atoms with Crippen LogP contribution < -0.4 is 5.32 Å². The predicted molar refractivity (Wildman–Crippen MR) is 109 cm³/mol. The molecule has 0 aromatic heterocycles. The van der Waals surface area contributed by atoms with Gasteiger partial charge in [0.1, 0.15) is 4.90 Å². The summed E-state index contributed by atoms with van der Waals surface area (Å²) in [5, 5.41) is 3.32. The van der Waals surface area contributed by atoms with E-state index >= 15 is 0 Å². The van der Waals surface area contributed by atoms with Crippen LogP contribution in [0.4, 0.5) is 0 Å². The number of carbonyl (C=O) groups is 1. The van der Waals surface area contributed by atoms with Crippen LogP contribution in [0.1, 0.15) is 32.1 Å². The fraction of sp³-hybridized carbons (Fsp3) is 0.611. The lowest BCUT2D eigenvalue weighted by atomic mass is 9.95. The number of rotatable bonds is 5. The number of hydrogen-bond acceptors (Lipinski definition) is 4. The van der Waals surface area contributed by atoms with E-state index in [9.17, 15) is 13.2 Å². The topological polar surface area (TPSA) is 69.7 Å². The van der Waals surface area contributed by atoms with Gasteiger partial charge in [-0.1, -0.05) is 46.8 Å². The van der Waals surface area contributed by atoms with Gasteiger partial charge in [-0.2, -0.15) is 4.31 Å². The Morgan fingerprint density at radius 3 is 2.44 bits per heavy atom. The maximum atomic E-state index is 12.8. The monoisotopic (exact) mass is 477 g/mol. The van der Waals surface area contributed by atoms with Gasteiger partial charge in [-0.25, -0.2) is 8.42 Å². The minimum atomic E-state index is -3.63. The summed E-state index contributed by atoms with van der Waals surface area (Å²) in [7, 11) is -3.63. The number of sulfonamides is 1. The van der Waals surface area contributed by atoms with E-state index in [1.54, 1.807) is 12.1 Å². The van der Waals surface area contributed by atoms with Crippen LogP contribution in [0.2, 0.25) is 5.02 Å². The van der Waals surface area contributed by atoms with Crippen molar-refractivity contribution in [3.8, 4) is 0 Å². The van der Waals surface area contributed by atoms with Crippen molar-refractivity contribution in [2.24, 2.45) is 0 Å². The lowest BCUT2D eigenvalue weighted by molar-refractivity contribution is -0.123. The molecule has 3 rings (SSSR count). The number of halogens is 2. The summed E-state index contributed by atoms with van der Waals surface area (Å²) in [6.07, 6.45) is 5.74. The molecule has 27 heavy (non-hydrogen) atoms. The molecule has 2 fully saturated rings. The SMILES string of the molecule is O=C(CN1CCN(S(=O)(=O)c2ccc(Br)cc2Cl)CC1)NC1CCCCC1. The molecule has 1 aliphatic carbocycles. The highest BCUT2D eigenvalue weighted by atomic mass is 79.9. The molecule has 1 heterocycles. The standard InChI is InChI=1S/C18H25BrClN3O3S/c19-14-6-7-17(16(20)12-14)27(25,26)23-10-8-22(9-11-23)13-18(24)21-15-4-2-1-3-5-15/h6-7,12,15H,1-5,8-11,13H2,(H,21,24). The Morgan fingerprint density at radius 1 is 1.15 bits per heavy atom. The molecule has 0 atom stereocenters. The normalized spacial score (nSPS) is 20.5. The van der Waals surface area contributed by atoms with Gasteiger partial charge < -0.3 is 5.32 Å². The average molecular weight is 479 g/mol. The van der Waals surface area contributed by atoms with E-state index in [0.29, 0.717) is 38.8 Å². The zero-order valence-electron chi connectivity index (χ0n) is 15.2. The van der Waals surface area contributed by atoms with Gasteiger partial charge in [0.2, 0.25) is 15.9 Å². The highest BCUT2D eigenvalue weighted by Crippen LogP contribution is 2.28. The molecule has 1 aromatic carbocycles. The third kappa shape index (κ3) is 5.44. The number of benzene rings is 1. The van der Waals surface area contributed by atoms with Gasteiger partial charge in [-0.15, -0.1) is 0 Å². The first-order valence-corrected chi connectivity index (χ1v) is 11.9. The van der Waals surface area contributed by atoms with Gasteiger partial charge >= 0.3 is 0 Å². The largest absolute Gasteiger partial charge is 0.352 e. The first-order chi connectivity index (χ1) is 12.9. The second kappa shape index (κ2) is 9.22. The minimum absolute atomic E-state index is 0.0363. The molecular formula is C18H25BrClN3O3S. The summed E-state index contributed by atoms with van der Waals surface area (Å²) in [6, 6.07) is 5.07. The van der Waals surface area contributed by atoms with E-state index in [-0.39, 0.29) is 15.8 Å². The van der Waals surface area contributed by atoms with E-state index in [1.807, 2.05) is 4.90 Å². The predicted octanol–water partition coefficient (Wildman–Crippen LogP) is 2.86. The van der Waals surface area contributed by atoms with Gasteiger partial charge in [0.05, 0.1) is 11.6 Å². The molecule has 1 aliphatic heterocycles. The number of nitrogens with zero attached hydrogens (tertiary/aromatic N) is 2. The fourth-order valence-electron chi connectivity index (χ4n) is 3.67. The Hall–Kier alpha value is -0.670. The molecule has 6 nitrogen and oxygen atoms in total. The third-order valence-electron chi connectivity index (χ3n) is 5.18. The Kier molecular flexibility index (Phi) is 7.19. The number of nitrogens with one attached hydrogen (secondary N) is 1. The Morgan fingerprint density at radius 2 is 1.81 bits per heavy atom. The van der Waals surface area contributed by atoms with E-state index in [0.717, 1.165) is 17.3 Å². The van der Waals surface area contributed by atoms with Crippen LogP contribution in [-0.2, 0) is 14.8 Å². The van der Waals surface area contributed by atoms with Gasteiger partial charge in [-0.05, 0) is 31.0 Å². The smallest absolute Gasteiger partial charge is 0.244 e. The van der Waals surface area contributed by atoms with Crippen molar-refractivity contribution in [2.45, 2.75) is 43.0 Å². The summed E-state index contributed by atoms with van der Waals surface area (Å²) in [5.74, 6) is 0.0363. The lowest BCUT2D eigenvalue weighted by Gasteiger charge is -2.34. The van der Waals surface area contributed by atoms with Crippen LogP contribution in [0.15, 0.2) is 27.6 Å². The molecule has 1 saturated carbocycles. The van der Waals surface area contributed by atoms with Crippen molar-refractivity contribution in [1.29, 1.82) is 0 Å². The van der Waals surface area contributed by atoms with Gasteiger partial charge in [0, 0.05) is 36.7 Å². The zero-order valence-corrected chi connectivity index (χ0v) is 18.3. The van der Waals surface area contributed by atoms with E-state index in [4.69, 9.17) is 11.6 Å². The molecule has 1 aromatic rings. The summed E-state index contributed by atoms with van der Waals surface area (Å²) in [6.45, 7) is 2.09. The zero-order chi connectivity index (χ0) is 19.4. The Bertz CT molecular complexity index is 776. The van der Waals surface area contributed by atoms with Crippen LogP contribution in [0.5, 0.6) is 0 Å². The van der Waals surface area contributed by atoms with Gasteiger partial charge in [0.15, 0.2) is 0 Å². The van der Waals surface area contributed by atoms with Crippen molar-refractivity contribution >= 4 is 43.5 Å². The highest BCUT2D eigenvalue weighted by molar-refractivity contribution is 9.10. The molecule has 0 bridgehead atoms.